The number of aromatic nitrogens is 4. The van der Waals surface area contributed by atoms with Crippen molar-refractivity contribution in [3.8, 4) is 5.88 Å². The molecule has 1 aliphatic heterocycles. The molecule has 11 heteroatoms. The number of hydrogen-bond donors (Lipinski definition) is 1. The number of halogens is 2. The van der Waals surface area contributed by atoms with Gasteiger partial charge in [0.2, 0.25) is 5.88 Å². The Morgan fingerprint density at radius 1 is 1.25 bits per heavy atom. The normalized spacial score (nSPS) is 14.1. The maximum Gasteiger partial charge on any atom is 0.278 e. The van der Waals surface area contributed by atoms with Crippen molar-refractivity contribution in [1.29, 1.82) is 0 Å². The number of nitrogens with one attached hydrogen (secondary N) is 1. The van der Waals surface area contributed by atoms with Crippen LogP contribution in [0, 0.1) is 13.8 Å². The van der Waals surface area contributed by atoms with E-state index in [9.17, 15) is 18.4 Å². The Bertz CT molecular complexity index is 1290. The highest BCUT2D eigenvalue weighted by atomic mass is 19.3. The Hall–Kier alpha value is -3.89. The van der Waals surface area contributed by atoms with Crippen molar-refractivity contribution in [2.24, 2.45) is 0 Å². The van der Waals surface area contributed by atoms with Crippen LogP contribution in [0.2, 0.25) is 0 Å². The lowest BCUT2D eigenvalue weighted by Gasteiger charge is -2.25. The molecule has 0 fully saturated rings. The van der Waals surface area contributed by atoms with Crippen molar-refractivity contribution in [3.05, 3.63) is 70.7 Å². The molecule has 0 bridgehead atoms. The van der Waals surface area contributed by atoms with Crippen LogP contribution >= 0.6 is 0 Å². The maximum atomic E-state index is 13.2. The summed E-state index contributed by atoms with van der Waals surface area (Å²) in [5, 5.41) is 2.86. The summed E-state index contributed by atoms with van der Waals surface area (Å²) in [5.74, 6) is -2.56. The molecule has 3 aromatic rings. The van der Waals surface area contributed by atoms with Crippen LogP contribution in [0.4, 0.5) is 8.78 Å². The first-order chi connectivity index (χ1) is 17.0. The molecule has 1 atom stereocenters. The summed E-state index contributed by atoms with van der Waals surface area (Å²) in [5.41, 5.74) is 2.53. The molecule has 3 aromatic heterocycles. The minimum absolute atomic E-state index is 0.123. The average Bonchev–Trinajstić information content (AvgIpc) is 3.39. The minimum atomic E-state index is -2.97. The molecule has 9 nitrogen and oxygen atoms in total. The second-order valence-electron chi connectivity index (χ2n) is 8.97. The fourth-order valence-electron chi connectivity index (χ4n) is 4.11. The fraction of sp³-hybridized carbons (Fsp3) is 0.400. The summed E-state index contributed by atoms with van der Waals surface area (Å²) in [6.07, 6.45) is 6.51. The van der Waals surface area contributed by atoms with Crippen LogP contribution in [0.5, 0.6) is 5.88 Å². The number of alkyl halides is 2. The van der Waals surface area contributed by atoms with Gasteiger partial charge in [-0.3, -0.25) is 14.6 Å². The smallest absolute Gasteiger partial charge is 0.278 e. The zero-order valence-corrected chi connectivity index (χ0v) is 20.6. The molecule has 0 radical (unpaired) electrons. The molecule has 1 N–H and O–H groups in total. The molecule has 4 heterocycles. The van der Waals surface area contributed by atoms with Gasteiger partial charge in [-0.05, 0) is 38.5 Å². The molecule has 0 aliphatic carbocycles. The predicted octanol–water partition coefficient (Wildman–Crippen LogP) is 3.47. The summed E-state index contributed by atoms with van der Waals surface area (Å²) in [7, 11) is 0. The van der Waals surface area contributed by atoms with E-state index >= 15 is 0 Å². The number of rotatable bonds is 9. The highest BCUT2D eigenvalue weighted by Gasteiger charge is 2.35. The second-order valence-corrected chi connectivity index (χ2v) is 8.97. The third-order valence-corrected chi connectivity index (χ3v) is 6.12. The SMILES string of the molecule is Cc1cc(C(C)N2Cc3c(ccnc3C(=O)NCCn3ccnc3C)C2=O)cnc1OCC(C)(F)F. The van der Waals surface area contributed by atoms with E-state index < -0.39 is 12.5 Å². The van der Waals surface area contributed by atoms with E-state index in [1.54, 1.807) is 30.2 Å². The monoisotopic (exact) mass is 498 g/mol. The van der Waals surface area contributed by atoms with Gasteiger partial charge in [0.05, 0.1) is 6.04 Å². The molecule has 1 aliphatic rings. The lowest BCUT2D eigenvalue weighted by molar-refractivity contribution is -0.0244. The first kappa shape index (κ1) is 25.2. The molecular weight excluding hydrogens is 470 g/mol. The Balaban J connectivity index is 1.46. The molecule has 0 spiro atoms. The number of pyridine rings is 2. The molecule has 36 heavy (non-hydrogen) atoms. The molecule has 190 valence electrons. The van der Waals surface area contributed by atoms with E-state index in [-0.39, 0.29) is 36.0 Å². The van der Waals surface area contributed by atoms with E-state index in [0.29, 0.717) is 29.8 Å². The molecule has 2 amide bonds. The van der Waals surface area contributed by atoms with Crippen molar-refractivity contribution in [3.63, 3.8) is 0 Å². The lowest BCUT2D eigenvalue weighted by atomic mass is 10.1. The van der Waals surface area contributed by atoms with Gasteiger partial charge in [0.25, 0.3) is 17.7 Å². The van der Waals surface area contributed by atoms with Gasteiger partial charge in [0, 0.05) is 68.0 Å². The maximum absolute atomic E-state index is 13.2. The molecule has 0 saturated heterocycles. The van der Waals surface area contributed by atoms with Gasteiger partial charge in [-0.15, -0.1) is 0 Å². The molecule has 1 unspecified atom stereocenters. The number of amides is 2. The third kappa shape index (κ3) is 5.34. The van der Waals surface area contributed by atoms with E-state index in [4.69, 9.17) is 4.74 Å². The van der Waals surface area contributed by atoms with Gasteiger partial charge in [-0.2, -0.15) is 0 Å². The van der Waals surface area contributed by atoms with E-state index in [1.165, 1.54) is 12.4 Å². The second kappa shape index (κ2) is 10.00. The third-order valence-electron chi connectivity index (χ3n) is 6.12. The van der Waals surface area contributed by atoms with Gasteiger partial charge in [0.15, 0.2) is 6.61 Å². The van der Waals surface area contributed by atoms with E-state index in [1.807, 2.05) is 24.6 Å². The van der Waals surface area contributed by atoms with Gasteiger partial charge >= 0.3 is 0 Å². The Labute approximate surface area is 207 Å². The van der Waals surface area contributed by atoms with Crippen LogP contribution in [0.25, 0.3) is 0 Å². The number of aryl methyl sites for hydroxylation is 2. The van der Waals surface area contributed by atoms with Crippen molar-refractivity contribution in [1.82, 2.24) is 29.7 Å². The fourth-order valence-corrected chi connectivity index (χ4v) is 4.11. The highest BCUT2D eigenvalue weighted by Crippen LogP contribution is 2.33. The number of ether oxygens (including phenoxy) is 1. The van der Waals surface area contributed by atoms with Crippen molar-refractivity contribution >= 4 is 11.8 Å². The van der Waals surface area contributed by atoms with Gasteiger partial charge in [-0.1, -0.05) is 0 Å². The summed E-state index contributed by atoms with van der Waals surface area (Å²) in [4.78, 5) is 40.3. The zero-order valence-electron chi connectivity index (χ0n) is 20.6. The van der Waals surface area contributed by atoms with Gasteiger partial charge in [0.1, 0.15) is 11.5 Å². The quantitative estimate of drug-likeness (QED) is 0.485. The number of hydrogen-bond acceptors (Lipinski definition) is 6. The average molecular weight is 499 g/mol. The largest absolute Gasteiger partial charge is 0.471 e. The number of carbonyl (C=O) groups excluding carboxylic acids is 2. The lowest BCUT2D eigenvalue weighted by Crippen LogP contribution is -2.29. The Morgan fingerprint density at radius 2 is 2.03 bits per heavy atom. The molecule has 0 saturated carbocycles. The summed E-state index contributed by atoms with van der Waals surface area (Å²) < 4.78 is 33.3. The first-order valence-electron chi connectivity index (χ1n) is 11.6. The standard InChI is InChI=1S/C25H28F2N6O3/c1-15-11-18(12-31-23(15)36-14-25(4,26)27)16(2)33-13-20-19(24(33)35)5-6-29-21(20)22(34)30-8-10-32-9-7-28-17(32)3/h5-7,9,11-12,16H,8,10,13-14H2,1-4H3,(H,30,34). The van der Waals surface area contributed by atoms with Gasteiger partial charge in [-0.25, -0.2) is 18.7 Å². The van der Waals surface area contributed by atoms with Crippen molar-refractivity contribution < 1.29 is 23.1 Å². The van der Waals surface area contributed by atoms with Crippen LogP contribution < -0.4 is 10.1 Å². The van der Waals surface area contributed by atoms with Crippen LogP contribution in [0.3, 0.4) is 0 Å². The van der Waals surface area contributed by atoms with Crippen LogP contribution in [0.15, 0.2) is 36.9 Å². The molecule has 4 rings (SSSR count). The molecular formula is C25H28F2N6O3. The van der Waals surface area contributed by atoms with Crippen molar-refractivity contribution in [2.75, 3.05) is 13.2 Å². The van der Waals surface area contributed by atoms with Gasteiger partial charge < -0.3 is 19.5 Å². The van der Waals surface area contributed by atoms with Crippen LogP contribution in [0.1, 0.15) is 63.3 Å². The topological polar surface area (TPSA) is 102 Å². The van der Waals surface area contributed by atoms with Crippen molar-refractivity contribution in [2.45, 2.75) is 52.7 Å². The van der Waals surface area contributed by atoms with E-state index in [2.05, 4.69) is 20.3 Å². The summed E-state index contributed by atoms with van der Waals surface area (Å²) >= 11 is 0. The predicted molar refractivity (Wildman–Crippen MR) is 127 cm³/mol. The zero-order chi connectivity index (χ0) is 26.0. The summed E-state index contributed by atoms with van der Waals surface area (Å²) in [6.45, 7) is 6.62. The molecule has 0 aromatic carbocycles. The summed E-state index contributed by atoms with van der Waals surface area (Å²) in [6, 6.07) is 3.00. The number of carbonyl (C=O) groups is 2. The van der Waals surface area contributed by atoms with E-state index in [0.717, 1.165) is 18.3 Å². The first-order valence-corrected chi connectivity index (χ1v) is 11.6. The minimum Gasteiger partial charge on any atom is -0.471 e. The van der Waals surface area contributed by atoms with Crippen LogP contribution in [-0.2, 0) is 13.1 Å². The number of fused-ring (bicyclic) bond motifs is 1. The van der Waals surface area contributed by atoms with Crippen LogP contribution in [-0.4, -0.2) is 55.3 Å². The number of nitrogens with zero attached hydrogens (tertiary/aromatic N) is 5. The Morgan fingerprint density at radius 3 is 2.69 bits per heavy atom. The Kier molecular flexibility index (Phi) is 7.00. The number of imidazole rings is 1. The highest BCUT2D eigenvalue weighted by molar-refractivity contribution is 6.03.